The predicted octanol–water partition coefficient (Wildman–Crippen LogP) is 6.47. The molecule has 2 aromatic rings. The van der Waals surface area contributed by atoms with Gasteiger partial charge in [-0.25, -0.2) is 13.2 Å². The van der Waals surface area contributed by atoms with E-state index in [2.05, 4.69) is 24.1 Å². The minimum atomic E-state index is -3.65. The van der Waals surface area contributed by atoms with Gasteiger partial charge in [0.25, 0.3) is 0 Å². The number of unbranched alkanes of at least 4 members (excludes halogenated alkanes) is 1. The molecule has 2 aromatic carbocycles. The molecule has 0 amide bonds. The molecule has 1 N–H and O–H groups in total. The van der Waals surface area contributed by atoms with Gasteiger partial charge in [0.2, 0.25) is 0 Å². The summed E-state index contributed by atoms with van der Waals surface area (Å²) in [6.45, 7) is 10.2. The topological polar surface area (TPSA) is 84.9 Å². The number of hydrogen-bond acceptors (Lipinski definition) is 7. The lowest BCUT2D eigenvalue weighted by molar-refractivity contribution is -0.148. The molecule has 1 aliphatic heterocycles. The largest absolute Gasteiger partial charge is 0.463 e. The van der Waals surface area contributed by atoms with Crippen LogP contribution < -0.4 is 15.0 Å². The van der Waals surface area contributed by atoms with Crippen LogP contribution in [0.25, 0.3) is 0 Å². The maximum absolute atomic E-state index is 13.9. The molecule has 1 aliphatic rings. The van der Waals surface area contributed by atoms with Crippen molar-refractivity contribution in [1.82, 2.24) is 0 Å². The number of carbonyl (C=O) groups is 1. The molecule has 7 nitrogen and oxygen atoms in total. The van der Waals surface area contributed by atoms with Crippen molar-refractivity contribution in [2.45, 2.75) is 70.8 Å². The summed E-state index contributed by atoms with van der Waals surface area (Å²) < 4.78 is 38.9. The second-order valence-corrected chi connectivity index (χ2v) is 12.6. The summed E-state index contributed by atoms with van der Waals surface area (Å²) in [4.78, 5) is 14.4. The van der Waals surface area contributed by atoms with Gasteiger partial charge in [-0.15, -0.1) is 0 Å². The molecule has 1 unspecified atom stereocenters. The first-order valence-corrected chi connectivity index (χ1v) is 14.6. The Hall–Kier alpha value is -3.00. The van der Waals surface area contributed by atoms with Gasteiger partial charge in [0.1, 0.15) is 5.60 Å². The van der Waals surface area contributed by atoms with Crippen LogP contribution in [0.15, 0.2) is 59.7 Å². The average Bonchev–Trinajstić information content (AvgIpc) is 2.94. The highest BCUT2D eigenvalue weighted by Crippen LogP contribution is 2.47. The number of carbonyl (C=O) groups excluding carboxylic acids is 1. The number of sulfone groups is 1. The smallest absolute Gasteiger partial charge is 0.334 e. The highest BCUT2D eigenvalue weighted by atomic mass is 32.2. The summed E-state index contributed by atoms with van der Waals surface area (Å²) in [6.07, 6.45) is 5.97. The average molecular weight is 529 g/mol. The number of esters is 1. The summed E-state index contributed by atoms with van der Waals surface area (Å²) in [5.74, 6) is -0.158. The summed E-state index contributed by atoms with van der Waals surface area (Å²) in [6, 6.07) is 13.3. The number of hydrogen-bond donors (Lipinski definition) is 1. The molecule has 0 aliphatic carbocycles. The van der Waals surface area contributed by atoms with E-state index in [0.717, 1.165) is 31.4 Å². The normalized spacial score (nSPS) is 19.2. The monoisotopic (exact) mass is 528 g/mol. The fraction of sp³-hybridized carbons (Fsp3) is 0.483. The van der Waals surface area contributed by atoms with Crippen molar-refractivity contribution in [3.8, 4) is 5.75 Å². The van der Waals surface area contributed by atoms with Gasteiger partial charge in [0.05, 0.1) is 34.4 Å². The quantitative estimate of drug-likeness (QED) is 0.227. The first-order valence-electron chi connectivity index (χ1n) is 12.9. The van der Waals surface area contributed by atoms with Crippen LogP contribution >= 0.6 is 0 Å². The molecule has 0 fully saturated rings. The van der Waals surface area contributed by atoms with Gasteiger partial charge in [-0.1, -0.05) is 44.9 Å². The van der Waals surface area contributed by atoms with Crippen LogP contribution in [0.2, 0.25) is 0 Å². The fourth-order valence-electron chi connectivity index (χ4n) is 4.68. The van der Waals surface area contributed by atoms with Crippen LogP contribution in [0, 0.1) is 5.41 Å². The summed E-state index contributed by atoms with van der Waals surface area (Å²) >= 11 is 0. The lowest BCUT2D eigenvalue weighted by Crippen LogP contribution is -2.37. The van der Waals surface area contributed by atoms with Crippen molar-refractivity contribution in [3.05, 3.63) is 54.8 Å². The van der Waals surface area contributed by atoms with Crippen LogP contribution in [0.4, 0.5) is 17.1 Å². The standard InChI is InChI=1S/C29H40N2O5S/c1-7-9-16-29(8-2)20-31(22-13-11-10-12-14-22)24-18-23(30-6)25(19-26(24)37(33,34)21-29)35-17-15-27(32)36-28(3,4)5/h10-15,17-19,30H,7-9,16,20-21H2,1-6H3/b17-15+. The van der Waals surface area contributed by atoms with E-state index in [0.29, 0.717) is 23.7 Å². The van der Waals surface area contributed by atoms with E-state index in [1.165, 1.54) is 12.3 Å². The van der Waals surface area contributed by atoms with Crippen molar-refractivity contribution in [2.24, 2.45) is 5.41 Å². The molecule has 0 spiro atoms. The Morgan fingerprint density at radius 3 is 2.46 bits per heavy atom. The van der Waals surface area contributed by atoms with Crippen molar-refractivity contribution < 1.29 is 22.7 Å². The summed E-state index contributed by atoms with van der Waals surface area (Å²) in [5, 5.41) is 3.11. The fourth-order valence-corrected chi connectivity index (χ4v) is 6.86. The zero-order valence-corrected chi connectivity index (χ0v) is 23.7. The minimum absolute atomic E-state index is 0.0684. The van der Waals surface area contributed by atoms with Crippen molar-refractivity contribution in [2.75, 3.05) is 29.6 Å². The Kier molecular flexibility index (Phi) is 8.95. The highest BCUT2D eigenvalue weighted by Gasteiger charge is 2.42. The van der Waals surface area contributed by atoms with E-state index in [1.54, 1.807) is 33.9 Å². The molecule has 0 radical (unpaired) electrons. The molecular formula is C29H40N2O5S. The molecule has 1 atom stereocenters. The Bertz CT molecular complexity index is 1220. The van der Waals surface area contributed by atoms with E-state index < -0.39 is 21.4 Å². The Morgan fingerprint density at radius 1 is 1.16 bits per heavy atom. The molecule has 1 heterocycles. The number of ether oxygens (including phenoxy) is 2. The molecular weight excluding hydrogens is 488 g/mol. The molecule has 8 heteroatoms. The number of benzene rings is 2. The maximum Gasteiger partial charge on any atom is 0.334 e. The minimum Gasteiger partial charge on any atom is -0.463 e. The van der Waals surface area contributed by atoms with Crippen LogP contribution in [0.3, 0.4) is 0 Å². The molecule has 0 saturated carbocycles. The van der Waals surface area contributed by atoms with E-state index in [4.69, 9.17) is 9.47 Å². The van der Waals surface area contributed by atoms with Gasteiger partial charge in [0, 0.05) is 30.8 Å². The van der Waals surface area contributed by atoms with E-state index in [9.17, 15) is 13.2 Å². The number of para-hydroxylation sites is 1. The second kappa shape index (κ2) is 11.6. The maximum atomic E-state index is 13.9. The molecule has 3 rings (SSSR count). The molecule has 0 aromatic heterocycles. The summed E-state index contributed by atoms with van der Waals surface area (Å²) in [5.41, 5.74) is 1.16. The highest BCUT2D eigenvalue weighted by molar-refractivity contribution is 7.91. The Balaban J connectivity index is 2.11. The zero-order chi connectivity index (χ0) is 27.3. The first-order chi connectivity index (χ1) is 17.4. The zero-order valence-electron chi connectivity index (χ0n) is 22.8. The first kappa shape index (κ1) is 28.6. The van der Waals surface area contributed by atoms with Gasteiger partial charge in [-0.3, -0.25) is 0 Å². The van der Waals surface area contributed by atoms with Gasteiger partial charge >= 0.3 is 5.97 Å². The molecule has 202 valence electrons. The van der Waals surface area contributed by atoms with Gasteiger partial charge in [-0.2, -0.15) is 0 Å². The lowest BCUT2D eigenvalue weighted by atomic mass is 9.81. The van der Waals surface area contributed by atoms with Crippen LogP contribution in [0.1, 0.15) is 60.3 Å². The third-order valence-corrected chi connectivity index (χ3v) is 8.62. The van der Waals surface area contributed by atoms with Crippen LogP contribution in [-0.4, -0.2) is 39.3 Å². The van der Waals surface area contributed by atoms with E-state index in [1.807, 2.05) is 36.4 Å². The molecule has 0 saturated heterocycles. The number of rotatable bonds is 9. The van der Waals surface area contributed by atoms with E-state index in [-0.39, 0.29) is 16.1 Å². The second-order valence-electron chi connectivity index (χ2n) is 10.7. The SMILES string of the molecule is CCCCC1(CC)CN(c2ccccc2)c2cc(NC)c(O/C=C/C(=O)OC(C)(C)C)cc2S(=O)(=O)C1. The lowest BCUT2D eigenvalue weighted by Gasteiger charge is -2.36. The number of nitrogens with zero attached hydrogens (tertiary/aromatic N) is 1. The van der Waals surface area contributed by atoms with Crippen molar-refractivity contribution >= 4 is 32.9 Å². The van der Waals surface area contributed by atoms with E-state index >= 15 is 0 Å². The molecule has 0 bridgehead atoms. The predicted molar refractivity (Wildman–Crippen MR) is 149 cm³/mol. The Morgan fingerprint density at radius 2 is 1.86 bits per heavy atom. The van der Waals surface area contributed by atoms with Crippen molar-refractivity contribution in [1.29, 1.82) is 0 Å². The van der Waals surface area contributed by atoms with Gasteiger partial charge in [-0.05, 0) is 51.8 Å². The number of fused-ring (bicyclic) bond motifs is 1. The third kappa shape index (κ3) is 7.06. The van der Waals surface area contributed by atoms with Crippen molar-refractivity contribution in [3.63, 3.8) is 0 Å². The number of anilines is 3. The summed E-state index contributed by atoms with van der Waals surface area (Å²) in [7, 11) is -1.90. The Labute approximate surface area is 221 Å². The van der Waals surface area contributed by atoms with Gasteiger partial charge in [0.15, 0.2) is 15.6 Å². The van der Waals surface area contributed by atoms with Gasteiger partial charge < -0.3 is 19.7 Å². The van der Waals surface area contributed by atoms with Crippen LogP contribution in [0.5, 0.6) is 5.75 Å². The number of nitrogens with one attached hydrogen (secondary N) is 1. The molecule has 37 heavy (non-hydrogen) atoms. The van der Waals surface area contributed by atoms with Crippen LogP contribution in [-0.2, 0) is 19.4 Å². The third-order valence-electron chi connectivity index (χ3n) is 6.63.